The van der Waals surface area contributed by atoms with E-state index < -0.39 is 0 Å². The maximum absolute atomic E-state index is 3.86. The first-order valence-corrected chi connectivity index (χ1v) is 8.02. The van der Waals surface area contributed by atoms with Gasteiger partial charge in [0.25, 0.3) is 0 Å². The normalized spacial score (nSPS) is 27.0. The van der Waals surface area contributed by atoms with Crippen LogP contribution in [0, 0.1) is 5.92 Å². The molecule has 1 rings (SSSR count). The van der Waals surface area contributed by atoms with Gasteiger partial charge in [-0.2, -0.15) is 0 Å². The summed E-state index contributed by atoms with van der Waals surface area (Å²) >= 11 is 0. The van der Waals surface area contributed by atoms with E-state index in [2.05, 4.69) is 26.1 Å². The molecular weight excluding hydrogens is 206 g/mol. The Kier molecular flexibility index (Phi) is 7.92. The maximum atomic E-state index is 3.86. The van der Waals surface area contributed by atoms with Crippen LogP contribution < -0.4 is 5.32 Å². The monoisotopic (exact) mass is 239 g/mol. The minimum absolute atomic E-state index is 0.729. The lowest BCUT2D eigenvalue weighted by Crippen LogP contribution is -2.39. The molecule has 0 aromatic rings. The summed E-state index contributed by atoms with van der Waals surface area (Å²) in [6.07, 6.45) is 14.1. The van der Waals surface area contributed by atoms with Crippen LogP contribution in [0.2, 0.25) is 0 Å². The molecule has 3 unspecified atom stereocenters. The SMILES string of the molecule is CCCCCCC(C)NC1CCCC(CC)C1. The first kappa shape index (κ1) is 15.0. The quantitative estimate of drug-likeness (QED) is 0.594. The van der Waals surface area contributed by atoms with Crippen LogP contribution in [0.1, 0.15) is 85.0 Å². The van der Waals surface area contributed by atoms with E-state index in [0.29, 0.717) is 0 Å². The third-order valence-electron chi connectivity index (χ3n) is 4.37. The van der Waals surface area contributed by atoms with Gasteiger partial charge in [-0.05, 0) is 32.1 Å². The molecule has 1 N–H and O–H groups in total. The van der Waals surface area contributed by atoms with Gasteiger partial charge in [0.15, 0.2) is 0 Å². The van der Waals surface area contributed by atoms with Crippen molar-refractivity contribution >= 4 is 0 Å². The van der Waals surface area contributed by atoms with Gasteiger partial charge in [0.05, 0.1) is 0 Å². The van der Waals surface area contributed by atoms with Crippen LogP contribution in [-0.2, 0) is 0 Å². The number of unbranched alkanes of at least 4 members (excludes halogenated alkanes) is 3. The summed E-state index contributed by atoms with van der Waals surface area (Å²) in [6.45, 7) is 7.01. The van der Waals surface area contributed by atoms with Crippen molar-refractivity contribution in [3.8, 4) is 0 Å². The highest BCUT2D eigenvalue weighted by Gasteiger charge is 2.21. The Hall–Kier alpha value is -0.0400. The highest BCUT2D eigenvalue weighted by molar-refractivity contribution is 4.79. The fourth-order valence-electron chi connectivity index (χ4n) is 3.18. The highest BCUT2D eigenvalue weighted by atomic mass is 14.9. The molecule has 0 bridgehead atoms. The Morgan fingerprint density at radius 2 is 1.94 bits per heavy atom. The predicted octanol–water partition coefficient (Wildman–Crippen LogP) is 4.90. The first-order chi connectivity index (χ1) is 8.26. The molecule has 1 aliphatic carbocycles. The van der Waals surface area contributed by atoms with Crippen LogP contribution >= 0.6 is 0 Å². The highest BCUT2D eigenvalue weighted by Crippen LogP contribution is 2.27. The molecule has 3 atom stereocenters. The zero-order valence-corrected chi connectivity index (χ0v) is 12.3. The van der Waals surface area contributed by atoms with Crippen LogP contribution in [0.25, 0.3) is 0 Å². The fraction of sp³-hybridized carbons (Fsp3) is 1.00. The van der Waals surface area contributed by atoms with E-state index in [4.69, 9.17) is 0 Å². The van der Waals surface area contributed by atoms with Crippen LogP contribution in [0.3, 0.4) is 0 Å². The lowest BCUT2D eigenvalue weighted by molar-refractivity contribution is 0.260. The van der Waals surface area contributed by atoms with E-state index in [-0.39, 0.29) is 0 Å². The third-order valence-corrected chi connectivity index (χ3v) is 4.37. The second-order valence-corrected chi connectivity index (χ2v) is 6.05. The molecule has 0 spiro atoms. The maximum Gasteiger partial charge on any atom is 0.00721 e. The van der Waals surface area contributed by atoms with Crippen molar-refractivity contribution in [2.45, 2.75) is 97.1 Å². The number of nitrogens with one attached hydrogen (secondary N) is 1. The summed E-state index contributed by atoms with van der Waals surface area (Å²) in [5, 5.41) is 3.86. The molecule has 1 saturated carbocycles. The Balaban J connectivity index is 2.10. The summed E-state index contributed by atoms with van der Waals surface area (Å²) < 4.78 is 0. The Morgan fingerprint density at radius 1 is 1.12 bits per heavy atom. The summed E-state index contributed by atoms with van der Waals surface area (Å²) in [4.78, 5) is 0. The number of rotatable bonds is 8. The Morgan fingerprint density at radius 3 is 2.65 bits per heavy atom. The second kappa shape index (κ2) is 8.97. The van der Waals surface area contributed by atoms with Gasteiger partial charge in [0, 0.05) is 12.1 Å². The van der Waals surface area contributed by atoms with Crippen LogP contribution in [0.5, 0.6) is 0 Å². The second-order valence-electron chi connectivity index (χ2n) is 6.05. The van der Waals surface area contributed by atoms with Gasteiger partial charge in [0.2, 0.25) is 0 Å². The minimum atomic E-state index is 0.729. The summed E-state index contributed by atoms with van der Waals surface area (Å²) in [5.41, 5.74) is 0. The van der Waals surface area contributed by atoms with Crippen molar-refractivity contribution in [3.05, 3.63) is 0 Å². The van der Waals surface area contributed by atoms with E-state index in [1.807, 2.05) is 0 Å². The van der Waals surface area contributed by atoms with Gasteiger partial charge in [-0.15, -0.1) is 0 Å². The van der Waals surface area contributed by atoms with Gasteiger partial charge in [-0.25, -0.2) is 0 Å². The molecule has 1 fully saturated rings. The lowest BCUT2D eigenvalue weighted by atomic mass is 9.84. The molecule has 0 aromatic carbocycles. The third kappa shape index (κ3) is 6.45. The molecule has 0 aromatic heterocycles. The summed E-state index contributed by atoms with van der Waals surface area (Å²) in [6, 6.07) is 1.54. The largest absolute Gasteiger partial charge is 0.311 e. The molecule has 102 valence electrons. The molecule has 17 heavy (non-hydrogen) atoms. The van der Waals surface area contributed by atoms with E-state index in [1.54, 1.807) is 0 Å². The molecule has 1 nitrogen and oxygen atoms in total. The van der Waals surface area contributed by atoms with Crippen LogP contribution in [-0.4, -0.2) is 12.1 Å². The average molecular weight is 239 g/mol. The topological polar surface area (TPSA) is 12.0 Å². The van der Waals surface area contributed by atoms with Gasteiger partial charge >= 0.3 is 0 Å². The van der Waals surface area contributed by atoms with Crippen molar-refractivity contribution in [3.63, 3.8) is 0 Å². The van der Waals surface area contributed by atoms with Crippen molar-refractivity contribution in [2.24, 2.45) is 5.92 Å². The smallest absolute Gasteiger partial charge is 0.00721 e. The molecule has 0 saturated heterocycles. The van der Waals surface area contributed by atoms with Crippen molar-refractivity contribution in [1.29, 1.82) is 0 Å². The predicted molar refractivity (Wildman–Crippen MR) is 77.4 cm³/mol. The molecule has 0 aliphatic heterocycles. The Bertz CT molecular complexity index is 178. The molecule has 1 aliphatic rings. The first-order valence-electron chi connectivity index (χ1n) is 8.02. The molecule has 1 heteroatoms. The summed E-state index contributed by atoms with van der Waals surface area (Å²) in [7, 11) is 0. The van der Waals surface area contributed by atoms with Gasteiger partial charge in [-0.1, -0.05) is 58.8 Å². The molecule has 0 radical (unpaired) electrons. The van der Waals surface area contributed by atoms with Crippen molar-refractivity contribution in [2.75, 3.05) is 0 Å². The van der Waals surface area contributed by atoms with Crippen molar-refractivity contribution in [1.82, 2.24) is 5.32 Å². The van der Waals surface area contributed by atoms with Crippen LogP contribution in [0.15, 0.2) is 0 Å². The van der Waals surface area contributed by atoms with Crippen molar-refractivity contribution < 1.29 is 0 Å². The standard InChI is InChI=1S/C16H33N/c1-4-6-7-8-10-14(3)17-16-12-9-11-15(5-2)13-16/h14-17H,4-13H2,1-3H3. The van der Waals surface area contributed by atoms with Gasteiger partial charge in [-0.3, -0.25) is 0 Å². The van der Waals surface area contributed by atoms with Crippen LogP contribution in [0.4, 0.5) is 0 Å². The Labute approximate surface area is 109 Å². The zero-order valence-electron chi connectivity index (χ0n) is 12.3. The van der Waals surface area contributed by atoms with E-state index in [9.17, 15) is 0 Å². The van der Waals surface area contributed by atoms with Gasteiger partial charge in [0.1, 0.15) is 0 Å². The molecular formula is C16H33N. The van der Waals surface area contributed by atoms with E-state index >= 15 is 0 Å². The van der Waals surface area contributed by atoms with E-state index in [1.165, 1.54) is 64.2 Å². The number of hydrogen-bond acceptors (Lipinski definition) is 1. The fourth-order valence-corrected chi connectivity index (χ4v) is 3.18. The minimum Gasteiger partial charge on any atom is -0.311 e. The average Bonchev–Trinajstić information content (AvgIpc) is 2.35. The van der Waals surface area contributed by atoms with Gasteiger partial charge < -0.3 is 5.32 Å². The zero-order chi connectivity index (χ0) is 12.5. The lowest BCUT2D eigenvalue weighted by Gasteiger charge is -2.31. The molecule has 0 heterocycles. The number of hydrogen-bond donors (Lipinski definition) is 1. The molecule has 0 amide bonds. The van der Waals surface area contributed by atoms with E-state index in [0.717, 1.165) is 18.0 Å². The summed E-state index contributed by atoms with van der Waals surface area (Å²) in [5.74, 6) is 0.994.